The van der Waals surface area contributed by atoms with Crippen LogP contribution < -0.4 is 10.2 Å². The number of fused-ring (bicyclic) bond motifs is 3. The lowest BCUT2D eigenvalue weighted by Crippen LogP contribution is -2.61. The van der Waals surface area contributed by atoms with Crippen LogP contribution in [0.15, 0.2) is 42.5 Å². The number of hydrogen-bond donors (Lipinski definition) is 1. The molecule has 2 aliphatic rings. The smallest absolute Gasteiger partial charge is 0.269 e. The maximum Gasteiger partial charge on any atom is 0.269 e. The van der Waals surface area contributed by atoms with Crippen molar-refractivity contribution in [1.29, 1.82) is 0 Å². The van der Waals surface area contributed by atoms with Gasteiger partial charge in [0.2, 0.25) is 5.91 Å². The number of nitro groups is 1. The van der Waals surface area contributed by atoms with Crippen molar-refractivity contribution < 1.29 is 18.8 Å². The number of carbonyl (C=O) groups is 1. The number of amides is 1. The predicted molar refractivity (Wildman–Crippen MR) is 118 cm³/mol. The summed E-state index contributed by atoms with van der Waals surface area (Å²) in [5, 5.41) is 14.2. The molecule has 0 bridgehead atoms. The summed E-state index contributed by atoms with van der Waals surface area (Å²) in [6.07, 6.45) is 0.446. The quantitative estimate of drug-likeness (QED) is 0.402. The van der Waals surface area contributed by atoms with Gasteiger partial charge in [0.1, 0.15) is 5.82 Å². The molecule has 9 heteroatoms. The van der Waals surface area contributed by atoms with Gasteiger partial charge in [-0.1, -0.05) is 12.1 Å². The van der Waals surface area contributed by atoms with E-state index >= 15 is 0 Å². The molecular weight excluding hydrogens is 415 g/mol. The Morgan fingerprint density at radius 1 is 1.25 bits per heavy atom. The van der Waals surface area contributed by atoms with Gasteiger partial charge >= 0.3 is 0 Å². The molecule has 1 saturated heterocycles. The predicted octanol–water partition coefficient (Wildman–Crippen LogP) is 2.36. The van der Waals surface area contributed by atoms with Crippen molar-refractivity contribution in [3.05, 3.63) is 69.5 Å². The van der Waals surface area contributed by atoms with Gasteiger partial charge < -0.3 is 15.0 Å². The number of hydrogen-bond acceptors (Lipinski definition) is 6. The average Bonchev–Trinajstić information content (AvgIpc) is 2.79. The molecule has 0 aromatic heterocycles. The monoisotopic (exact) mass is 442 g/mol. The lowest BCUT2D eigenvalue weighted by atomic mass is 9.83. The molecule has 1 amide bonds. The van der Waals surface area contributed by atoms with E-state index in [0.29, 0.717) is 39.2 Å². The number of ether oxygens (including phenoxy) is 1. The molecule has 0 saturated carbocycles. The van der Waals surface area contributed by atoms with Crippen LogP contribution in [0.5, 0.6) is 0 Å². The highest BCUT2D eigenvalue weighted by molar-refractivity contribution is 5.82. The maximum absolute atomic E-state index is 13.3. The molecule has 2 aliphatic heterocycles. The first-order valence-electron chi connectivity index (χ1n) is 10.7. The normalized spacial score (nSPS) is 20.4. The Labute approximate surface area is 186 Å². The summed E-state index contributed by atoms with van der Waals surface area (Å²) in [4.78, 5) is 28.4. The van der Waals surface area contributed by atoms with Crippen LogP contribution in [0.2, 0.25) is 0 Å². The second-order valence-electron chi connectivity index (χ2n) is 8.29. The number of nitro benzene ring substituents is 1. The summed E-state index contributed by atoms with van der Waals surface area (Å²) in [6, 6.07) is 11.3. The van der Waals surface area contributed by atoms with Gasteiger partial charge in [-0.2, -0.15) is 0 Å². The van der Waals surface area contributed by atoms with Crippen LogP contribution in [0.1, 0.15) is 11.1 Å². The van der Waals surface area contributed by atoms with Crippen molar-refractivity contribution in [2.75, 3.05) is 44.8 Å². The number of non-ortho nitro benzene ring substituents is 1. The van der Waals surface area contributed by atoms with E-state index < -0.39 is 4.92 Å². The van der Waals surface area contributed by atoms with Crippen molar-refractivity contribution in [1.82, 2.24) is 10.2 Å². The number of rotatable bonds is 7. The third kappa shape index (κ3) is 4.73. The molecule has 170 valence electrons. The third-order valence-corrected chi connectivity index (χ3v) is 6.25. The zero-order valence-corrected chi connectivity index (χ0v) is 18.0. The minimum atomic E-state index is -0.402. The standard InChI is InChI=1S/C23H27FN4O4/c1-32-11-8-25-23(29)20-13-17-12-19(28(30)31)6-7-21(17)27-10-9-26(15-22(20)27)14-16-2-4-18(24)5-3-16/h2-7,12,20,22H,8-11,13-15H2,1H3,(H,25,29)/t20-,22+/m1/s1. The fraction of sp³-hybridized carbons (Fsp3) is 0.435. The maximum atomic E-state index is 13.3. The summed E-state index contributed by atoms with van der Waals surface area (Å²) in [5.74, 6) is -0.667. The molecule has 1 N–H and O–H groups in total. The number of piperazine rings is 1. The largest absolute Gasteiger partial charge is 0.383 e. The first-order chi connectivity index (χ1) is 15.5. The second kappa shape index (κ2) is 9.62. The molecule has 2 heterocycles. The highest BCUT2D eigenvalue weighted by atomic mass is 19.1. The van der Waals surface area contributed by atoms with Crippen LogP contribution in [-0.4, -0.2) is 61.7 Å². The number of halogens is 1. The molecular formula is C23H27FN4O4. The molecule has 2 aromatic rings. The van der Waals surface area contributed by atoms with Gasteiger partial charge in [0.25, 0.3) is 5.69 Å². The van der Waals surface area contributed by atoms with Crippen molar-refractivity contribution >= 4 is 17.3 Å². The Balaban J connectivity index is 1.57. The minimum absolute atomic E-state index is 0.0377. The zero-order chi connectivity index (χ0) is 22.7. The Morgan fingerprint density at radius 2 is 2.03 bits per heavy atom. The Kier molecular flexibility index (Phi) is 6.66. The first-order valence-corrected chi connectivity index (χ1v) is 10.7. The van der Waals surface area contributed by atoms with Crippen LogP contribution >= 0.6 is 0 Å². The Bertz CT molecular complexity index is 984. The fourth-order valence-electron chi connectivity index (χ4n) is 4.68. The van der Waals surface area contributed by atoms with Crippen LogP contribution in [-0.2, 0) is 22.5 Å². The lowest BCUT2D eigenvalue weighted by molar-refractivity contribution is -0.384. The van der Waals surface area contributed by atoms with Gasteiger partial charge in [-0.05, 0) is 35.7 Å². The van der Waals surface area contributed by atoms with E-state index in [2.05, 4.69) is 15.1 Å². The van der Waals surface area contributed by atoms with Gasteiger partial charge in [0.15, 0.2) is 0 Å². The Hall–Kier alpha value is -3.04. The number of benzene rings is 2. The van der Waals surface area contributed by atoms with Gasteiger partial charge in [-0.3, -0.25) is 19.8 Å². The van der Waals surface area contributed by atoms with Crippen molar-refractivity contribution in [2.24, 2.45) is 5.92 Å². The average molecular weight is 442 g/mol. The lowest BCUT2D eigenvalue weighted by Gasteiger charge is -2.49. The molecule has 0 spiro atoms. The van der Waals surface area contributed by atoms with Crippen molar-refractivity contribution in [3.63, 3.8) is 0 Å². The van der Waals surface area contributed by atoms with Crippen LogP contribution in [0.3, 0.4) is 0 Å². The molecule has 2 atom stereocenters. The van der Waals surface area contributed by atoms with E-state index in [9.17, 15) is 19.3 Å². The molecule has 0 aliphatic carbocycles. The van der Waals surface area contributed by atoms with Crippen LogP contribution in [0, 0.1) is 21.8 Å². The van der Waals surface area contributed by atoms with E-state index in [0.717, 1.165) is 23.4 Å². The van der Waals surface area contributed by atoms with E-state index in [4.69, 9.17) is 4.74 Å². The van der Waals surface area contributed by atoms with Gasteiger partial charge in [-0.15, -0.1) is 0 Å². The van der Waals surface area contributed by atoms with E-state index in [1.54, 1.807) is 31.4 Å². The van der Waals surface area contributed by atoms with E-state index in [1.807, 2.05) is 0 Å². The van der Waals surface area contributed by atoms with Gasteiger partial charge in [0, 0.05) is 57.7 Å². The summed E-state index contributed by atoms with van der Waals surface area (Å²) in [7, 11) is 1.58. The van der Waals surface area contributed by atoms with Gasteiger partial charge in [0.05, 0.1) is 23.5 Å². The SMILES string of the molecule is COCCNC(=O)[C@@H]1Cc2cc([N+](=O)[O-])ccc2N2CCN(Cc3ccc(F)cc3)C[C@@H]12. The van der Waals surface area contributed by atoms with E-state index in [-0.39, 0.29) is 29.4 Å². The highest BCUT2D eigenvalue weighted by Crippen LogP contribution is 2.38. The summed E-state index contributed by atoms with van der Waals surface area (Å²) in [5.41, 5.74) is 2.85. The highest BCUT2D eigenvalue weighted by Gasteiger charge is 2.41. The number of anilines is 1. The van der Waals surface area contributed by atoms with Gasteiger partial charge in [-0.25, -0.2) is 4.39 Å². The summed E-state index contributed by atoms with van der Waals surface area (Å²) >= 11 is 0. The number of methoxy groups -OCH3 is 1. The van der Waals surface area contributed by atoms with Crippen molar-refractivity contribution in [2.45, 2.75) is 19.0 Å². The molecule has 32 heavy (non-hydrogen) atoms. The minimum Gasteiger partial charge on any atom is -0.383 e. The third-order valence-electron chi connectivity index (χ3n) is 6.25. The van der Waals surface area contributed by atoms with Crippen molar-refractivity contribution in [3.8, 4) is 0 Å². The fourth-order valence-corrected chi connectivity index (χ4v) is 4.68. The van der Waals surface area contributed by atoms with Crippen LogP contribution in [0.4, 0.5) is 15.8 Å². The first kappa shape index (κ1) is 22.2. The van der Waals surface area contributed by atoms with Crippen LogP contribution in [0.25, 0.3) is 0 Å². The Morgan fingerprint density at radius 3 is 2.75 bits per heavy atom. The number of nitrogens with zero attached hydrogens (tertiary/aromatic N) is 3. The summed E-state index contributed by atoms with van der Waals surface area (Å²) in [6.45, 7) is 3.68. The summed E-state index contributed by atoms with van der Waals surface area (Å²) < 4.78 is 18.3. The molecule has 4 rings (SSSR count). The topological polar surface area (TPSA) is 87.9 Å². The molecule has 0 unspecified atom stereocenters. The molecule has 0 radical (unpaired) electrons. The molecule has 1 fully saturated rings. The van der Waals surface area contributed by atoms with E-state index in [1.165, 1.54) is 18.2 Å². The molecule has 2 aromatic carbocycles. The second-order valence-corrected chi connectivity index (χ2v) is 8.29. The number of nitrogens with one attached hydrogen (secondary N) is 1. The zero-order valence-electron chi connectivity index (χ0n) is 18.0. The molecule has 8 nitrogen and oxygen atoms in total. The number of carbonyl (C=O) groups excluding carboxylic acids is 1.